The van der Waals surface area contributed by atoms with Crippen molar-refractivity contribution in [2.45, 2.75) is 18.2 Å². The van der Waals surface area contributed by atoms with Gasteiger partial charge in [0.1, 0.15) is 0 Å². The Kier molecular flexibility index (Phi) is 5.72. The van der Waals surface area contributed by atoms with Crippen LogP contribution >= 0.6 is 0 Å². The highest BCUT2D eigenvalue weighted by atomic mass is 32.2. The molecule has 0 saturated heterocycles. The molecule has 0 aliphatic carbocycles. The second kappa shape index (κ2) is 7.78. The monoisotopic (exact) mass is 380 g/mol. The first-order valence-corrected chi connectivity index (χ1v) is 8.73. The van der Waals surface area contributed by atoms with Gasteiger partial charge in [-0.2, -0.15) is 4.98 Å². The molecule has 0 aliphatic rings. The fourth-order valence-corrected chi connectivity index (χ4v) is 3.23. The molecule has 1 aromatic carbocycles. The van der Waals surface area contributed by atoms with E-state index in [0.717, 1.165) is 0 Å². The summed E-state index contributed by atoms with van der Waals surface area (Å²) < 4.78 is 31.5. The Morgan fingerprint density at radius 1 is 1.23 bits per heavy atom. The van der Waals surface area contributed by atoms with Crippen LogP contribution in [0.3, 0.4) is 0 Å². The molecule has 2 amide bonds. The molecule has 1 heterocycles. The van der Waals surface area contributed by atoms with E-state index in [1.807, 2.05) is 0 Å². The lowest BCUT2D eigenvalue weighted by molar-refractivity contribution is -0.136. The molecule has 0 spiro atoms. The van der Waals surface area contributed by atoms with Gasteiger partial charge in [-0.15, -0.1) is 0 Å². The van der Waals surface area contributed by atoms with Crippen LogP contribution in [0.5, 0.6) is 5.88 Å². The predicted octanol–water partition coefficient (Wildman–Crippen LogP) is 0.931. The molecule has 2 rings (SSSR count). The third-order valence-electron chi connectivity index (χ3n) is 3.10. The summed E-state index contributed by atoms with van der Waals surface area (Å²) >= 11 is 0. The molecule has 11 heteroatoms. The Morgan fingerprint density at radius 3 is 2.58 bits per heavy atom. The van der Waals surface area contributed by atoms with Crippen LogP contribution < -0.4 is 14.8 Å². The van der Waals surface area contributed by atoms with E-state index in [2.05, 4.69) is 15.3 Å². The highest BCUT2D eigenvalue weighted by Gasteiger charge is 2.22. The Balaban J connectivity index is 2.21. The molecule has 0 fully saturated rings. The van der Waals surface area contributed by atoms with Gasteiger partial charge in [-0.3, -0.25) is 10.1 Å². The number of ether oxygens (including phenoxy) is 1. The number of carbonyl (C=O) groups excluding carboxylic acids is 1. The zero-order valence-corrected chi connectivity index (χ0v) is 14.7. The second-order valence-electron chi connectivity index (χ2n) is 5.11. The van der Waals surface area contributed by atoms with E-state index < -0.39 is 28.4 Å². The standard InChI is InChI=1S/C15H16N4O6S/c1-9-7-12(25-2)17-14(16-9)18-15(22)19-26(23,24)11-6-4-3-5-10(11)8-13(20)21/h3-7H,8H2,1-2H3,(H,20,21)(H2,16,17,18,19,22). The first kappa shape index (κ1) is 19.1. The maximum absolute atomic E-state index is 12.4. The van der Waals surface area contributed by atoms with Gasteiger partial charge < -0.3 is 9.84 Å². The normalized spacial score (nSPS) is 10.8. The van der Waals surface area contributed by atoms with Crippen molar-refractivity contribution in [3.05, 3.63) is 41.6 Å². The molecule has 0 atom stereocenters. The summed E-state index contributed by atoms with van der Waals surface area (Å²) in [5.41, 5.74) is 0.551. The summed E-state index contributed by atoms with van der Waals surface area (Å²) in [4.78, 5) is 30.4. The maximum Gasteiger partial charge on any atom is 0.335 e. The molecule has 0 unspecified atom stereocenters. The summed E-state index contributed by atoms with van der Waals surface area (Å²) in [6, 6.07) is 5.93. The van der Waals surface area contributed by atoms with Crippen LogP contribution in [0, 0.1) is 6.92 Å². The molecule has 3 N–H and O–H groups in total. The van der Waals surface area contributed by atoms with Gasteiger partial charge in [0.2, 0.25) is 11.8 Å². The lowest BCUT2D eigenvalue weighted by Gasteiger charge is -2.11. The summed E-state index contributed by atoms with van der Waals surface area (Å²) in [7, 11) is -2.91. The summed E-state index contributed by atoms with van der Waals surface area (Å²) in [6.45, 7) is 1.65. The number of nitrogens with one attached hydrogen (secondary N) is 2. The van der Waals surface area contributed by atoms with Gasteiger partial charge in [-0.05, 0) is 18.6 Å². The van der Waals surface area contributed by atoms with Crippen LogP contribution in [-0.4, -0.2) is 42.6 Å². The molecular weight excluding hydrogens is 364 g/mol. The zero-order valence-electron chi connectivity index (χ0n) is 13.9. The van der Waals surface area contributed by atoms with Crippen LogP contribution in [0.4, 0.5) is 10.7 Å². The van der Waals surface area contributed by atoms with Gasteiger partial charge in [0, 0.05) is 11.8 Å². The predicted molar refractivity (Wildman–Crippen MR) is 90.4 cm³/mol. The molecule has 0 bridgehead atoms. The number of methoxy groups -OCH3 is 1. The number of carboxylic acids is 1. The van der Waals surface area contributed by atoms with Crippen molar-refractivity contribution >= 4 is 28.0 Å². The minimum Gasteiger partial charge on any atom is -0.481 e. The van der Waals surface area contributed by atoms with E-state index in [0.29, 0.717) is 5.69 Å². The van der Waals surface area contributed by atoms with Gasteiger partial charge in [-0.25, -0.2) is 22.9 Å². The maximum atomic E-state index is 12.4. The quantitative estimate of drug-likeness (QED) is 0.670. The van der Waals surface area contributed by atoms with Crippen molar-refractivity contribution < 1.29 is 27.9 Å². The number of anilines is 1. The lowest BCUT2D eigenvalue weighted by atomic mass is 10.1. The minimum absolute atomic E-state index is 0.0498. The summed E-state index contributed by atoms with van der Waals surface area (Å²) in [5.74, 6) is -1.15. The van der Waals surface area contributed by atoms with Crippen LogP contribution in [0.15, 0.2) is 35.2 Å². The number of carboxylic acid groups (broad SMARTS) is 1. The molecule has 0 aliphatic heterocycles. The van der Waals surface area contributed by atoms with Gasteiger partial charge >= 0.3 is 12.0 Å². The van der Waals surface area contributed by atoms with E-state index in [9.17, 15) is 18.0 Å². The van der Waals surface area contributed by atoms with Crippen LogP contribution in [-0.2, 0) is 21.2 Å². The van der Waals surface area contributed by atoms with Crippen LogP contribution in [0.25, 0.3) is 0 Å². The average Bonchev–Trinajstić information content (AvgIpc) is 2.53. The minimum atomic E-state index is -4.29. The molecule has 138 valence electrons. The number of hydrogen-bond acceptors (Lipinski definition) is 7. The van der Waals surface area contributed by atoms with Crippen LogP contribution in [0.1, 0.15) is 11.3 Å². The molecular formula is C15H16N4O6S. The summed E-state index contributed by atoms with van der Waals surface area (Å²) in [5, 5.41) is 11.1. The zero-order chi connectivity index (χ0) is 19.3. The number of sulfonamides is 1. The number of benzene rings is 1. The molecule has 1 aromatic heterocycles. The van der Waals surface area contributed by atoms with Gasteiger partial charge in [0.25, 0.3) is 10.0 Å². The first-order chi connectivity index (χ1) is 12.2. The fourth-order valence-electron chi connectivity index (χ4n) is 2.08. The van der Waals surface area contributed by atoms with Crippen molar-refractivity contribution in [1.82, 2.24) is 14.7 Å². The third kappa shape index (κ3) is 4.89. The second-order valence-corrected chi connectivity index (χ2v) is 6.76. The number of urea groups is 1. The largest absolute Gasteiger partial charge is 0.481 e. The highest BCUT2D eigenvalue weighted by molar-refractivity contribution is 7.90. The van der Waals surface area contributed by atoms with Gasteiger partial charge in [0.05, 0.1) is 18.4 Å². The van der Waals surface area contributed by atoms with Gasteiger partial charge in [0.15, 0.2) is 0 Å². The fraction of sp³-hybridized carbons (Fsp3) is 0.200. The average molecular weight is 380 g/mol. The first-order valence-electron chi connectivity index (χ1n) is 7.24. The van der Waals surface area contributed by atoms with Gasteiger partial charge in [-0.1, -0.05) is 18.2 Å². The number of aromatic nitrogens is 2. The van der Waals surface area contributed by atoms with Crippen LogP contribution in [0.2, 0.25) is 0 Å². The van der Waals surface area contributed by atoms with Crippen molar-refractivity contribution in [3.8, 4) is 5.88 Å². The molecule has 10 nitrogen and oxygen atoms in total. The van der Waals surface area contributed by atoms with Crippen molar-refractivity contribution in [1.29, 1.82) is 0 Å². The van der Waals surface area contributed by atoms with E-state index in [1.165, 1.54) is 37.4 Å². The van der Waals surface area contributed by atoms with E-state index >= 15 is 0 Å². The highest BCUT2D eigenvalue weighted by Crippen LogP contribution is 2.16. The molecule has 2 aromatic rings. The molecule has 26 heavy (non-hydrogen) atoms. The number of amides is 2. The Hall–Kier alpha value is -3.21. The third-order valence-corrected chi connectivity index (χ3v) is 4.53. The number of hydrogen-bond donors (Lipinski definition) is 3. The van der Waals surface area contributed by atoms with Crippen molar-refractivity contribution in [3.63, 3.8) is 0 Å². The number of aryl methyl sites for hydroxylation is 1. The Bertz CT molecular complexity index is 945. The number of nitrogens with zero attached hydrogens (tertiary/aromatic N) is 2. The molecule has 0 radical (unpaired) electrons. The number of aliphatic carboxylic acids is 1. The lowest BCUT2D eigenvalue weighted by Crippen LogP contribution is -2.35. The van der Waals surface area contributed by atoms with E-state index in [-0.39, 0.29) is 22.3 Å². The van der Waals surface area contributed by atoms with Crippen molar-refractivity contribution in [2.24, 2.45) is 0 Å². The Morgan fingerprint density at radius 2 is 1.92 bits per heavy atom. The topological polar surface area (TPSA) is 148 Å². The Labute approximate surface area is 149 Å². The summed E-state index contributed by atoms with van der Waals surface area (Å²) in [6.07, 6.45) is -0.503. The van der Waals surface area contributed by atoms with E-state index in [1.54, 1.807) is 11.6 Å². The smallest absolute Gasteiger partial charge is 0.335 e. The van der Waals surface area contributed by atoms with E-state index in [4.69, 9.17) is 9.84 Å². The molecule has 0 saturated carbocycles. The van der Waals surface area contributed by atoms with Crippen molar-refractivity contribution in [2.75, 3.05) is 12.4 Å². The number of rotatable bonds is 6. The SMILES string of the molecule is COc1cc(C)nc(NC(=O)NS(=O)(=O)c2ccccc2CC(=O)O)n1. The number of carbonyl (C=O) groups is 2.